The van der Waals surface area contributed by atoms with Crippen LogP contribution < -0.4 is 4.74 Å². The van der Waals surface area contributed by atoms with Crippen LogP contribution in [0.5, 0.6) is 5.88 Å². The van der Waals surface area contributed by atoms with Crippen molar-refractivity contribution in [2.45, 2.75) is 58.8 Å². The van der Waals surface area contributed by atoms with E-state index in [2.05, 4.69) is 37.7 Å². The summed E-state index contributed by atoms with van der Waals surface area (Å²) in [5.74, 6) is 0.692. The van der Waals surface area contributed by atoms with Crippen LogP contribution >= 0.6 is 0 Å². The van der Waals surface area contributed by atoms with Gasteiger partial charge in [-0.3, -0.25) is 4.98 Å². The van der Waals surface area contributed by atoms with Crippen LogP contribution in [-0.2, 0) is 11.8 Å². The Labute approximate surface area is 105 Å². The summed E-state index contributed by atoms with van der Waals surface area (Å²) in [5, 5.41) is 0. The standard InChI is InChI=1S/C14H24N2O/c1-6-8-9-11-13(17-5)16-12(10-15-11)14(3,4)7-2/h10H,6-9H2,1-5H3. The smallest absolute Gasteiger partial charge is 0.235 e. The second kappa shape index (κ2) is 5.99. The maximum atomic E-state index is 5.35. The zero-order chi connectivity index (χ0) is 12.9. The molecule has 3 heteroatoms. The van der Waals surface area contributed by atoms with Gasteiger partial charge >= 0.3 is 0 Å². The Morgan fingerprint density at radius 1 is 1.29 bits per heavy atom. The number of aromatic nitrogens is 2. The van der Waals surface area contributed by atoms with E-state index in [-0.39, 0.29) is 5.41 Å². The van der Waals surface area contributed by atoms with Crippen LogP contribution in [0.1, 0.15) is 58.3 Å². The van der Waals surface area contributed by atoms with E-state index in [9.17, 15) is 0 Å². The van der Waals surface area contributed by atoms with Gasteiger partial charge in [0.1, 0.15) is 5.69 Å². The van der Waals surface area contributed by atoms with Gasteiger partial charge in [-0.2, -0.15) is 0 Å². The molecule has 1 rings (SSSR count). The molecule has 0 radical (unpaired) electrons. The Morgan fingerprint density at radius 3 is 2.53 bits per heavy atom. The molecule has 0 bridgehead atoms. The van der Waals surface area contributed by atoms with Crippen LogP contribution in [-0.4, -0.2) is 17.1 Å². The predicted octanol–water partition coefficient (Wildman–Crippen LogP) is 3.52. The molecule has 0 fully saturated rings. The highest BCUT2D eigenvalue weighted by atomic mass is 16.5. The average Bonchev–Trinajstić information content (AvgIpc) is 2.35. The van der Waals surface area contributed by atoms with E-state index in [1.165, 1.54) is 0 Å². The van der Waals surface area contributed by atoms with Crippen LogP contribution in [0.4, 0.5) is 0 Å². The SMILES string of the molecule is CCCCc1ncc(C(C)(C)CC)nc1OC. The Balaban J connectivity index is 3.00. The first kappa shape index (κ1) is 13.9. The van der Waals surface area contributed by atoms with Crippen LogP contribution in [0.2, 0.25) is 0 Å². The lowest BCUT2D eigenvalue weighted by atomic mass is 9.87. The molecule has 0 amide bonds. The van der Waals surface area contributed by atoms with Crippen LogP contribution in [0, 0.1) is 0 Å². The molecule has 0 spiro atoms. The molecule has 0 atom stereocenters. The van der Waals surface area contributed by atoms with Crippen molar-refractivity contribution >= 4 is 0 Å². The number of hydrogen-bond donors (Lipinski definition) is 0. The van der Waals surface area contributed by atoms with Crippen molar-refractivity contribution in [3.05, 3.63) is 17.6 Å². The Hall–Kier alpha value is -1.12. The van der Waals surface area contributed by atoms with Crippen molar-refractivity contribution in [3.63, 3.8) is 0 Å². The van der Waals surface area contributed by atoms with Crippen molar-refractivity contribution < 1.29 is 4.74 Å². The molecule has 1 aromatic rings. The lowest BCUT2D eigenvalue weighted by molar-refractivity contribution is 0.378. The zero-order valence-corrected chi connectivity index (χ0v) is 11.7. The molecule has 0 aromatic carbocycles. The molecule has 0 aliphatic rings. The van der Waals surface area contributed by atoms with Crippen molar-refractivity contribution in [2.24, 2.45) is 0 Å². The van der Waals surface area contributed by atoms with Gasteiger partial charge in [0, 0.05) is 11.6 Å². The zero-order valence-electron chi connectivity index (χ0n) is 11.7. The molecule has 0 unspecified atom stereocenters. The largest absolute Gasteiger partial charge is 0.480 e. The molecular formula is C14H24N2O. The fourth-order valence-corrected chi connectivity index (χ4v) is 1.58. The van der Waals surface area contributed by atoms with Gasteiger partial charge in [0.15, 0.2) is 0 Å². The third-order valence-corrected chi connectivity index (χ3v) is 3.35. The molecule has 1 aromatic heterocycles. The third kappa shape index (κ3) is 3.42. The highest BCUT2D eigenvalue weighted by Crippen LogP contribution is 2.27. The third-order valence-electron chi connectivity index (χ3n) is 3.35. The Bertz CT molecular complexity index is 361. The number of rotatable bonds is 6. The number of aryl methyl sites for hydroxylation is 1. The van der Waals surface area contributed by atoms with Crippen LogP contribution in [0.25, 0.3) is 0 Å². The minimum atomic E-state index is 0.0591. The van der Waals surface area contributed by atoms with Gasteiger partial charge in [-0.25, -0.2) is 4.98 Å². The summed E-state index contributed by atoms with van der Waals surface area (Å²) in [6, 6.07) is 0. The minimum Gasteiger partial charge on any atom is -0.480 e. The summed E-state index contributed by atoms with van der Waals surface area (Å²) in [6.45, 7) is 8.71. The van der Waals surface area contributed by atoms with Crippen LogP contribution in [0.15, 0.2) is 6.20 Å². The summed E-state index contributed by atoms with van der Waals surface area (Å²) in [6.07, 6.45) is 6.17. The quantitative estimate of drug-likeness (QED) is 0.758. The molecular weight excluding hydrogens is 212 g/mol. The maximum absolute atomic E-state index is 5.35. The van der Waals surface area contributed by atoms with Crippen molar-refractivity contribution in [1.82, 2.24) is 9.97 Å². The molecule has 17 heavy (non-hydrogen) atoms. The van der Waals surface area contributed by atoms with E-state index < -0.39 is 0 Å². The first-order valence-corrected chi connectivity index (χ1v) is 6.45. The molecule has 0 aliphatic carbocycles. The van der Waals surface area contributed by atoms with Crippen molar-refractivity contribution in [3.8, 4) is 5.88 Å². The Morgan fingerprint density at radius 2 is 2.00 bits per heavy atom. The van der Waals surface area contributed by atoms with Gasteiger partial charge in [-0.05, 0) is 19.3 Å². The van der Waals surface area contributed by atoms with Gasteiger partial charge in [0.05, 0.1) is 12.8 Å². The average molecular weight is 236 g/mol. The first-order valence-electron chi connectivity index (χ1n) is 6.45. The molecule has 1 heterocycles. The fourth-order valence-electron chi connectivity index (χ4n) is 1.58. The monoisotopic (exact) mass is 236 g/mol. The summed E-state index contributed by atoms with van der Waals surface area (Å²) in [4.78, 5) is 9.12. The lowest BCUT2D eigenvalue weighted by Crippen LogP contribution is -2.19. The van der Waals surface area contributed by atoms with E-state index in [1.54, 1.807) is 7.11 Å². The van der Waals surface area contributed by atoms with Gasteiger partial charge in [-0.1, -0.05) is 34.1 Å². The van der Waals surface area contributed by atoms with Gasteiger partial charge in [0.2, 0.25) is 5.88 Å². The molecule has 96 valence electrons. The second-order valence-electron chi connectivity index (χ2n) is 5.05. The molecule has 3 nitrogen and oxygen atoms in total. The number of methoxy groups -OCH3 is 1. The van der Waals surface area contributed by atoms with Crippen LogP contribution in [0.3, 0.4) is 0 Å². The molecule has 0 saturated heterocycles. The normalized spacial score (nSPS) is 11.6. The van der Waals surface area contributed by atoms with Gasteiger partial charge < -0.3 is 4.74 Å². The van der Waals surface area contributed by atoms with Gasteiger partial charge in [0.25, 0.3) is 0 Å². The van der Waals surface area contributed by atoms with E-state index in [1.807, 2.05) is 6.20 Å². The van der Waals surface area contributed by atoms with Crippen molar-refractivity contribution in [1.29, 1.82) is 0 Å². The molecule has 0 N–H and O–H groups in total. The van der Waals surface area contributed by atoms with E-state index >= 15 is 0 Å². The summed E-state index contributed by atoms with van der Waals surface area (Å²) in [5.41, 5.74) is 2.05. The lowest BCUT2D eigenvalue weighted by Gasteiger charge is -2.22. The van der Waals surface area contributed by atoms with E-state index in [4.69, 9.17) is 4.74 Å². The number of ether oxygens (including phenoxy) is 1. The minimum absolute atomic E-state index is 0.0591. The Kier molecular flexibility index (Phi) is 4.91. The summed E-state index contributed by atoms with van der Waals surface area (Å²) < 4.78 is 5.35. The van der Waals surface area contributed by atoms with Gasteiger partial charge in [-0.15, -0.1) is 0 Å². The maximum Gasteiger partial charge on any atom is 0.235 e. The highest BCUT2D eigenvalue weighted by Gasteiger charge is 2.22. The molecule has 0 saturated carbocycles. The highest BCUT2D eigenvalue weighted by molar-refractivity contribution is 5.23. The first-order chi connectivity index (χ1) is 8.05. The van der Waals surface area contributed by atoms with E-state index in [0.717, 1.165) is 37.1 Å². The number of hydrogen-bond acceptors (Lipinski definition) is 3. The predicted molar refractivity (Wildman–Crippen MR) is 70.5 cm³/mol. The number of unbranched alkanes of at least 4 members (excludes halogenated alkanes) is 1. The van der Waals surface area contributed by atoms with Crippen molar-refractivity contribution in [2.75, 3.05) is 7.11 Å². The fraction of sp³-hybridized carbons (Fsp3) is 0.714. The summed E-state index contributed by atoms with van der Waals surface area (Å²) >= 11 is 0. The topological polar surface area (TPSA) is 35.0 Å². The second-order valence-corrected chi connectivity index (χ2v) is 5.05. The van der Waals surface area contributed by atoms with E-state index in [0.29, 0.717) is 5.88 Å². The molecule has 0 aliphatic heterocycles. The summed E-state index contributed by atoms with van der Waals surface area (Å²) in [7, 11) is 1.67. The number of nitrogens with zero attached hydrogens (tertiary/aromatic N) is 2.